The van der Waals surface area contributed by atoms with Crippen molar-refractivity contribution in [1.82, 2.24) is 0 Å². The third-order valence-corrected chi connectivity index (χ3v) is 2.22. The third kappa shape index (κ3) is 6.82. The molecule has 0 aliphatic carbocycles. The van der Waals surface area contributed by atoms with E-state index in [0.717, 1.165) is 5.82 Å². The van der Waals surface area contributed by atoms with Crippen LogP contribution in [0.2, 0.25) is 11.6 Å². The third-order valence-electron chi connectivity index (χ3n) is 2.22. The van der Waals surface area contributed by atoms with Gasteiger partial charge in [0.15, 0.2) is 0 Å². The van der Waals surface area contributed by atoms with Crippen molar-refractivity contribution in [2.75, 3.05) is 0 Å². The molecule has 0 aromatic carbocycles. The van der Waals surface area contributed by atoms with Gasteiger partial charge < -0.3 is 0 Å². The highest BCUT2D eigenvalue weighted by molar-refractivity contribution is 7.01. The molecular formula is C10H22B2. The van der Waals surface area contributed by atoms with Crippen molar-refractivity contribution in [2.45, 2.75) is 65.0 Å². The summed E-state index contributed by atoms with van der Waals surface area (Å²) in [5, 5.41) is 0. The van der Waals surface area contributed by atoms with Gasteiger partial charge in [-0.1, -0.05) is 65.0 Å². The first-order chi connectivity index (χ1) is 5.70. The van der Waals surface area contributed by atoms with Crippen LogP contribution in [0.3, 0.4) is 0 Å². The van der Waals surface area contributed by atoms with Crippen LogP contribution in [-0.2, 0) is 0 Å². The lowest BCUT2D eigenvalue weighted by molar-refractivity contribution is 0.653. The molecule has 68 valence electrons. The van der Waals surface area contributed by atoms with Gasteiger partial charge in [0.25, 0.3) is 0 Å². The van der Waals surface area contributed by atoms with E-state index in [1.165, 1.54) is 25.7 Å². The van der Waals surface area contributed by atoms with Crippen LogP contribution in [0.15, 0.2) is 0 Å². The van der Waals surface area contributed by atoms with Gasteiger partial charge in [-0.15, -0.1) is 0 Å². The van der Waals surface area contributed by atoms with Gasteiger partial charge in [0.05, 0.1) is 14.3 Å². The second kappa shape index (κ2) is 7.76. The van der Waals surface area contributed by atoms with Crippen molar-refractivity contribution in [1.29, 1.82) is 0 Å². The lowest BCUT2D eigenvalue weighted by Crippen LogP contribution is -2.13. The number of unbranched alkanes of at least 4 members (excludes halogenated alkanes) is 1. The van der Waals surface area contributed by atoms with Gasteiger partial charge in [0.1, 0.15) is 0 Å². The molecule has 0 fully saturated rings. The van der Waals surface area contributed by atoms with Crippen molar-refractivity contribution >= 4 is 14.3 Å². The highest BCUT2D eigenvalue weighted by atomic mass is 14.0. The van der Waals surface area contributed by atoms with Gasteiger partial charge >= 0.3 is 0 Å². The van der Waals surface area contributed by atoms with Crippen LogP contribution in [0.1, 0.15) is 53.4 Å². The van der Waals surface area contributed by atoms with Crippen LogP contribution in [0.5, 0.6) is 0 Å². The number of hydrogen-bond donors (Lipinski definition) is 0. The predicted molar refractivity (Wildman–Crippen MR) is 60.2 cm³/mol. The van der Waals surface area contributed by atoms with Crippen LogP contribution in [-0.4, -0.2) is 14.3 Å². The summed E-state index contributed by atoms with van der Waals surface area (Å²) in [6.45, 7) is 9.02. The summed E-state index contributed by atoms with van der Waals surface area (Å²) in [5.74, 6) is 1.54. The van der Waals surface area contributed by atoms with Crippen molar-refractivity contribution in [3.63, 3.8) is 0 Å². The average Bonchev–Trinajstić information content (AvgIpc) is 2.05. The topological polar surface area (TPSA) is 0 Å². The smallest absolute Gasteiger partial charge is 0.0699 e. The molecule has 1 atom stereocenters. The Balaban J connectivity index is 3.39. The Morgan fingerprint density at radius 1 is 1.08 bits per heavy atom. The molecule has 0 saturated heterocycles. The second-order valence-electron chi connectivity index (χ2n) is 3.94. The van der Waals surface area contributed by atoms with Gasteiger partial charge in [0.2, 0.25) is 0 Å². The maximum absolute atomic E-state index is 2.40. The molecule has 2 radical (unpaired) electrons. The summed E-state index contributed by atoms with van der Waals surface area (Å²) in [6, 6.07) is 0. The first-order valence-electron chi connectivity index (χ1n) is 5.39. The Bertz CT molecular complexity index is 91.8. The Labute approximate surface area is 80.0 Å². The van der Waals surface area contributed by atoms with Crippen LogP contribution in [0, 0.1) is 0 Å². The summed E-state index contributed by atoms with van der Waals surface area (Å²) in [6.07, 6.45) is 5.37. The van der Waals surface area contributed by atoms with Gasteiger partial charge in [-0.05, 0) is 0 Å². The number of hydrogen-bond acceptors (Lipinski definition) is 0. The molecule has 0 bridgehead atoms. The fourth-order valence-electron chi connectivity index (χ4n) is 1.28. The minimum absolute atomic E-state index is 0.709. The summed E-state index contributed by atoms with van der Waals surface area (Å²) < 4.78 is 0. The molecule has 0 N–H and O–H groups in total. The van der Waals surface area contributed by atoms with Gasteiger partial charge in [-0.3, -0.25) is 0 Å². The normalized spacial score (nSPS) is 13.1. The molecule has 0 aliphatic rings. The molecule has 0 spiro atoms. The predicted octanol–water partition coefficient (Wildman–Crippen LogP) is 3.53. The highest BCUT2D eigenvalue weighted by Gasteiger charge is 2.08. The molecule has 0 aromatic heterocycles. The lowest BCUT2D eigenvalue weighted by atomic mass is 9.29. The Morgan fingerprint density at radius 3 is 2.17 bits per heavy atom. The van der Waals surface area contributed by atoms with E-state index < -0.39 is 0 Å². The molecule has 0 saturated carbocycles. The van der Waals surface area contributed by atoms with Gasteiger partial charge in [-0.2, -0.15) is 0 Å². The zero-order chi connectivity index (χ0) is 9.40. The van der Waals surface area contributed by atoms with E-state index >= 15 is 0 Å². The average molecular weight is 164 g/mol. The Hall–Kier alpha value is 0.130. The fourth-order valence-corrected chi connectivity index (χ4v) is 1.28. The van der Waals surface area contributed by atoms with E-state index in [2.05, 4.69) is 42.0 Å². The molecule has 0 heterocycles. The standard InChI is InChI=1S/C10H22B2/c1-5-7-8-10(6-2)12-11-9(3)4/h9-10H,5-8H2,1-4H3. The minimum Gasteiger partial charge on any atom is -0.0829 e. The summed E-state index contributed by atoms with van der Waals surface area (Å²) in [7, 11) is 4.74. The first-order valence-corrected chi connectivity index (χ1v) is 5.39. The van der Waals surface area contributed by atoms with E-state index in [0.29, 0.717) is 5.82 Å². The molecule has 0 rings (SSSR count). The van der Waals surface area contributed by atoms with Crippen LogP contribution >= 0.6 is 0 Å². The SMILES string of the molecule is CCCCC([B][B]C(C)C)CC. The summed E-state index contributed by atoms with van der Waals surface area (Å²) in [4.78, 5) is 0. The maximum Gasteiger partial charge on any atom is 0.0699 e. The molecule has 0 aliphatic heterocycles. The van der Waals surface area contributed by atoms with Crippen LogP contribution in [0.4, 0.5) is 0 Å². The van der Waals surface area contributed by atoms with E-state index in [-0.39, 0.29) is 0 Å². The number of rotatable bonds is 7. The molecule has 2 heteroatoms. The van der Waals surface area contributed by atoms with E-state index in [1.807, 2.05) is 0 Å². The molecule has 0 aromatic rings. The summed E-state index contributed by atoms with van der Waals surface area (Å²) in [5.41, 5.74) is 0. The van der Waals surface area contributed by atoms with Crippen molar-refractivity contribution in [2.24, 2.45) is 0 Å². The monoisotopic (exact) mass is 164 g/mol. The zero-order valence-corrected chi connectivity index (χ0v) is 9.14. The van der Waals surface area contributed by atoms with Gasteiger partial charge in [-0.25, -0.2) is 0 Å². The van der Waals surface area contributed by atoms with Crippen LogP contribution in [0.25, 0.3) is 0 Å². The lowest BCUT2D eigenvalue weighted by Gasteiger charge is -2.13. The zero-order valence-electron chi connectivity index (χ0n) is 9.14. The fraction of sp³-hybridized carbons (Fsp3) is 1.00. The molecule has 0 nitrogen and oxygen atoms in total. The largest absolute Gasteiger partial charge is 0.0829 e. The molecule has 1 unspecified atom stereocenters. The Kier molecular flexibility index (Phi) is 7.85. The quantitative estimate of drug-likeness (QED) is 0.504. The first kappa shape index (κ1) is 12.1. The van der Waals surface area contributed by atoms with E-state index in [9.17, 15) is 0 Å². The van der Waals surface area contributed by atoms with Gasteiger partial charge in [0, 0.05) is 0 Å². The molecule has 0 amide bonds. The van der Waals surface area contributed by atoms with Crippen molar-refractivity contribution in [3.8, 4) is 0 Å². The minimum atomic E-state index is 0.709. The van der Waals surface area contributed by atoms with E-state index in [4.69, 9.17) is 0 Å². The van der Waals surface area contributed by atoms with Crippen molar-refractivity contribution in [3.05, 3.63) is 0 Å². The highest BCUT2D eigenvalue weighted by Crippen LogP contribution is 2.18. The molecule has 12 heavy (non-hydrogen) atoms. The van der Waals surface area contributed by atoms with E-state index in [1.54, 1.807) is 0 Å². The maximum atomic E-state index is 2.40. The summed E-state index contributed by atoms with van der Waals surface area (Å²) >= 11 is 0. The van der Waals surface area contributed by atoms with Crippen LogP contribution < -0.4 is 0 Å². The molecular weight excluding hydrogens is 142 g/mol. The second-order valence-corrected chi connectivity index (χ2v) is 3.94. The van der Waals surface area contributed by atoms with Crippen molar-refractivity contribution < 1.29 is 0 Å². The Morgan fingerprint density at radius 2 is 1.75 bits per heavy atom.